The van der Waals surface area contributed by atoms with Gasteiger partial charge in [-0.2, -0.15) is 0 Å². The minimum atomic E-state index is 0.786. The van der Waals surface area contributed by atoms with Crippen molar-refractivity contribution in [1.82, 2.24) is 9.97 Å². The van der Waals surface area contributed by atoms with Gasteiger partial charge < -0.3 is 10.1 Å². The van der Waals surface area contributed by atoms with Gasteiger partial charge >= 0.3 is 0 Å². The normalized spacial score (nSPS) is 13.5. The molecule has 1 aromatic carbocycles. The number of nitrogens with zero attached hydrogens (tertiary/aromatic N) is 2. The number of anilines is 1. The lowest BCUT2D eigenvalue weighted by Crippen LogP contribution is -2.10. The molecule has 4 nitrogen and oxygen atoms in total. The Balaban J connectivity index is 2.13. The van der Waals surface area contributed by atoms with Crippen LogP contribution in [0.3, 0.4) is 0 Å². The van der Waals surface area contributed by atoms with E-state index >= 15 is 0 Å². The molecule has 3 rings (SSSR count). The van der Waals surface area contributed by atoms with E-state index < -0.39 is 0 Å². The molecule has 0 saturated carbocycles. The van der Waals surface area contributed by atoms with E-state index in [1.807, 2.05) is 13.1 Å². The molecule has 0 bridgehead atoms. The highest BCUT2D eigenvalue weighted by atomic mass is 16.5. The highest BCUT2D eigenvalue weighted by molar-refractivity contribution is 5.71. The molecule has 0 unspecified atom stereocenters. The average Bonchev–Trinajstić information content (AvgIpc) is 2.53. The van der Waals surface area contributed by atoms with Crippen molar-refractivity contribution in [2.75, 3.05) is 19.0 Å². The second kappa shape index (κ2) is 5.49. The Morgan fingerprint density at radius 1 is 1.30 bits per heavy atom. The SMILES string of the molecule is CCc1nc(NC)cc(-c2cccc3c2OCCC3)n1. The highest BCUT2D eigenvalue weighted by Crippen LogP contribution is 2.35. The Morgan fingerprint density at radius 2 is 2.20 bits per heavy atom. The number of para-hydroxylation sites is 1. The van der Waals surface area contributed by atoms with Gasteiger partial charge in [0.05, 0.1) is 12.3 Å². The molecule has 1 aromatic heterocycles. The summed E-state index contributed by atoms with van der Waals surface area (Å²) in [5, 5.41) is 3.10. The second-order valence-electron chi connectivity index (χ2n) is 4.90. The first-order valence-corrected chi connectivity index (χ1v) is 7.12. The molecular weight excluding hydrogens is 250 g/mol. The maximum absolute atomic E-state index is 5.88. The van der Waals surface area contributed by atoms with E-state index in [0.717, 1.165) is 54.5 Å². The van der Waals surface area contributed by atoms with Crippen molar-refractivity contribution in [3.05, 3.63) is 35.7 Å². The third kappa shape index (κ3) is 2.33. The number of rotatable bonds is 3. The quantitative estimate of drug-likeness (QED) is 0.930. The minimum absolute atomic E-state index is 0.786. The third-order valence-electron chi connectivity index (χ3n) is 3.55. The van der Waals surface area contributed by atoms with E-state index in [2.05, 4.69) is 40.4 Å². The van der Waals surface area contributed by atoms with Gasteiger partial charge in [-0.05, 0) is 24.5 Å². The van der Waals surface area contributed by atoms with Crippen molar-refractivity contribution in [1.29, 1.82) is 0 Å². The molecule has 0 radical (unpaired) electrons. The van der Waals surface area contributed by atoms with Crippen LogP contribution in [0.25, 0.3) is 11.3 Å². The summed E-state index contributed by atoms with van der Waals surface area (Å²) in [5.74, 6) is 2.68. The molecule has 2 heterocycles. The van der Waals surface area contributed by atoms with E-state index in [0.29, 0.717) is 0 Å². The fourth-order valence-electron chi connectivity index (χ4n) is 2.51. The van der Waals surface area contributed by atoms with Crippen molar-refractivity contribution in [2.45, 2.75) is 26.2 Å². The molecule has 0 spiro atoms. The summed E-state index contributed by atoms with van der Waals surface area (Å²) < 4.78 is 5.88. The number of aryl methyl sites for hydroxylation is 2. The molecule has 0 atom stereocenters. The van der Waals surface area contributed by atoms with Crippen molar-refractivity contribution in [2.24, 2.45) is 0 Å². The number of hydrogen-bond donors (Lipinski definition) is 1. The van der Waals surface area contributed by atoms with Crippen LogP contribution in [0.5, 0.6) is 5.75 Å². The summed E-state index contributed by atoms with van der Waals surface area (Å²) >= 11 is 0. The zero-order chi connectivity index (χ0) is 13.9. The molecule has 2 aromatic rings. The van der Waals surface area contributed by atoms with Gasteiger partial charge in [0, 0.05) is 25.1 Å². The van der Waals surface area contributed by atoms with Crippen LogP contribution in [0.1, 0.15) is 24.7 Å². The lowest BCUT2D eigenvalue weighted by Gasteiger charge is -2.20. The number of nitrogens with one attached hydrogen (secondary N) is 1. The lowest BCUT2D eigenvalue weighted by atomic mass is 10.0. The molecule has 0 fully saturated rings. The van der Waals surface area contributed by atoms with Crippen molar-refractivity contribution in [3.63, 3.8) is 0 Å². The first-order valence-electron chi connectivity index (χ1n) is 7.12. The summed E-state index contributed by atoms with van der Waals surface area (Å²) in [6.07, 6.45) is 2.98. The van der Waals surface area contributed by atoms with E-state index in [9.17, 15) is 0 Å². The Bertz CT molecular complexity index is 603. The maximum Gasteiger partial charge on any atom is 0.131 e. The van der Waals surface area contributed by atoms with Crippen LogP contribution in [0.4, 0.5) is 5.82 Å². The van der Waals surface area contributed by atoms with E-state index in [1.54, 1.807) is 0 Å². The molecule has 20 heavy (non-hydrogen) atoms. The number of ether oxygens (including phenoxy) is 1. The van der Waals surface area contributed by atoms with Crippen LogP contribution >= 0.6 is 0 Å². The third-order valence-corrected chi connectivity index (χ3v) is 3.55. The van der Waals surface area contributed by atoms with Gasteiger partial charge in [-0.25, -0.2) is 9.97 Å². The van der Waals surface area contributed by atoms with Crippen molar-refractivity contribution < 1.29 is 4.74 Å². The summed E-state index contributed by atoms with van der Waals surface area (Å²) in [4.78, 5) is 9.09. The van der Waals surface area contributed by atoms with Gasteiger partial charge in [0.2, 0.25) is 0 Å². The smallest absolute Gasteiger partial charge is 0.131 e. The molecule has 0 amide bonds. The Kier molecular flexibility index (Phi) is 3.54. The fourth-order valence-corrected chi connectivity index (χ4v) is 2.51. The van der Waals surface area contributed by atoms with Crippen LogP contribution in [0.15, 0.2) is 24.3 Å². The van der Waals surface area contributed by atoms with Gasteiger partial charge in [0.25, 0.3) is 0 Å². The van der Waals surface area contributed by atoms with E-state index in [-0.39, 0.29) is 0 Å². The van der Waals surface area contributed by atoms with Crippen LogP contribution in [-0.2, 0) is 12.8 Å². The summed E-state index contributed by atoms with van der Waals surface area (Å²) in [6, 6.07) is 8.27. The van der Waals surface area contributed by atoms with E-state index in [4.69, 9.17) is 4.74 Å². The van der Waals surface area contributed by atoms with Gasteiger partial charge in [0.15, 0.2) is 0 Å². The molecule has 1 aliphatic heterocycles. The number of aromatic nitrogens is 2. The average molecular weight is 269 g/mol. The summed E-state index contributed by atoms with van der Waals surface area (Å²) in [6.45, 7) is 2.85. The molecule has 4 heteroatoms. The van der Waals surface area contributed by atoms with Crippen molar-refractivity contribution in [3.8, 4) is 17.0 Å². The topological polar surface area (TPSA) is 47.0 Å². The molecule has 0 aliphatic carbocycles. The Hall–Kier alpha value is -2.10. The highest BCUT2D eigenvalue weighted by Gasteiger charge is 2.17. The van der Waals surface area contributed by atoms with Gasteiger partial charge in [-0.3, -0.25) is 0 Å². The predicted octanol–water partition coefficient (Wildman–Crippen LogP) is 3.07. The fraction of sp³-hybridized carbons (Fsp3) is 0.375. The zero-order valence-corrected chi connectivity index (χ0v) is 11.9. The molecule has 1 N–H and O–H groups in total. The number of benzene rings is 1. The predicted molar refractivity (Wildman–Crippen MR) is 80.2 cm³/mol. The Labute approximate surface area is 119 Å². The van der Waals surface area contributed by atoms with Crippen LogP contribution < -0.4 is 10.1 Å². The monoisotopic (exact) mass is 269 g/mol. The standard InChI is InChI=1S/C16H19N3O/c1-3-14-18-13(10-15(17-2)19-14)12-8-4-6-11-7-5-9-20-16(11)12/h4,6,8,10H,3,5,7,9H2,1-2H3,(H,17,18,19). The molecular formula is C16H19N3O. The van der Waals surface area contributed by atoms with Crippen LogP contribution in [0, 0.1) is 0 Å². The summed E-state index contributed by atoms with van der Waals surface area (Å²) in [7, 11) is 1.88. The lowest BCUT2D eigenvalue weighted by molar-refractivity contribution is 0.289. The Morgan fingerprint density at radius 3 is 3.00 bits per heavy atom. The van der Waals surface area contributed by atoms with E-state index in [1.165, 1.54) is 5.56 Å². The van der Waals surface area contributed by atoms with Crippen LogP contribution in [-0.4, -0.2) is 23.6 Å². The van der Waals surface area contributed by atoms with Crippen molar-refractivity contribution >= 4 is 5.82 Å². The molecule has 104 valence electrons. The number of hydrogen-bond acceptors (Lipinski definition) is 4. The van der Waals surface area contributed by atoms with Gasteiger partial charge in [-0.15, -0.1) is 0 Å². The number of fused-ring (bicyclic) bond motifs is 1. The maximum atomic E-state index is 5.88. The largest absolute Gasteiger partial charge is 0.493 e. The minimum Gasteiger partial charge on any atom is -0.493 e. The first-order chi connectivity index (χ1) is 9.81. The second-order valence-corrected chi connectivity index (χ2v) is 4.90. The van der Waals surface area contributed by atoms with Gasteiger partial charge in [-0.1, -0.05) is 19.1 Å². The molecule has 1 aliphatic rings. The summed E-state index contributed by atoms with van der Waals surface area (Å²) in [5.41, 5.74) is 3.27. The molecule has 0 saturated heterocycles. The zero-order valence-electron chi connectivity index (χ0n) is 11.9. The van der Waals surface area contributed by atoms with Gasteiger partial charge in [0.1, 0.15) is 17.4 Å². The van der Waals surface area contributed by atoms with Crippen LogP contribution in [0.2, 0.25) is 0 Å². The first kappa shape index (κ1) is 12.9.